The smallest absolute Gasteiger partial charge is 0.274 e. The molecule has 226 valence electrons. The summed E-state index contributed by atoms with van der Waals surface area (Å²) in [5.74, 6) is 0.812. The quantitative estimate of drug-likeness (QED) is 0.134. The average Bonchev–Trinajstić information content (AvgIpc) is 3.44. The van der Waals surface area contributed by atoms with Crippen molar-refractivity contribution in [3.05, 3.63) is 163 Å². The second-order valence-corrected chi connectivity index (χ2v) is 10.2. The van der Waals surface area contributed by atoms with E-state index in [9.17, 15) is 0 Å². The van der Waals surface area contributed by atoms with E-state index in [0.717, 1.165) is 39.7 Å². The van der Waals surface area contributed by atoms with E-state index in [1.54, 1.807) is 6.20 Å². The highest BCUT2D eigenvalue weighted by Crippen LogP contribution is 2.27. The first-order chi connectivity index (χ1) is 21.2. The summed E-state index contributed by atoms with van der Waals surface area (Å²) >= 11 is 0. The Labute approximate surface area is 282 Å². The molecule has 2 N–H and O–H groups in total. The van der Waals surface area contributed by atoms with Gasteiger partial charge in [0.05, 0.1) is 5.69 Å². The molecule has 0 amide bonds. The lowest BCUT2D eigenvalue weighted by Gasteiger charge is -2.14. The number of para-hydroxylation sites is 4. The summed E-state index contributed by atoms with van der Waals surface area (Å²) in [6, 6.07) is 45.0. The lowest BCUT2D eigenvalue weighted by molar-refractivity contribution is -0.568. The van der Waals surface area contributed by atoms with Crippen LogP contribution in [0.1, 0.15) is 18.6 Å². The van der Waals surface area contributed by atoms with E-state index in [4.69, 9.17) is 0 Å². The molecule has 0 aliphatic rings. The standard InChI is InChI=1S/C19H16N3.C18H17N3.CH4.HI/c1-15-8-5-6-11-17(15)22-14-21(16-9-3-2-4-10-16)19-18(22)12-7-13-20-19;1-14-8-5-6-11-16(14)21-17-12-7-13-19-18(17)20-15-9-3-2-4-10-15;;/h2-14H,1H3;2-13,21H,1H3,(H,19,20);1H4;1H/q+1;;;. The molecule has 0 aliphatic carbocycles. The maximum atomic E-state index is 4.58. The maximum absolute atomic E-state index is 4.58. The number of nitrogens with zero attached hydrogens (tertiary/aromatic N) is 4. The van der Waals surface area contributed by atoms with E-state index < -0.39 is 0 Å². The van der Waals surface area contributed by atoms with Crippen LogP contribution in [-0.4, -0.2) is 14.5 Å². The maximum Gasteiger partial charge on any atom is 0.274 e. The summed E-state index contributed by atoms with van der Waals surface area (Å²) in [5.41, 5.74) is 9.84. The minimum Gasteiger partial charge on any atom is -0.352 e. The van der Waals surface area contributed by atoms with Gasteiger partial charge >= 0.3 is 0 Å². The van der Waals surface area contributed by atoms with Gasteiger partial charge in [0, 0.05) is 23.8 Å². The Balaban J connectivity index is 0.000000196. The highest BCUT2D eigenvalue weighted by atomic mass is 127. The van der Waals surface area contributed by atoms with Crippen molar-refractivity contribution in [1.29, 1.82) is 0 Å². The molecule has 3 aromatic heterocycles. The van der Waals surface area contributed by atoms with Gasteiger partial charge in [-0.3, -0.25) is 0 Å². The molecule has 0 fully saturated rings. The van der Waals surface area contributed by atoms with Gasteiger partial charge in [-0.05, 0) is 85.6 Å². The second-order valence-electron chi connectivity index (χ2n) is 10.2. The summed E-state index contributed by atoms with van der Waals surface area (Å²) in [5, 5.41) is 6.77. The molecule has 6 nitrogen and oxygen atoms in total. The molecule has 0 radical (unpaired) electrons. The minimum atomic E-state index is 0. The van der Waals surface area contributed by atoms with Crippen molar-refractivity contribution in [2.24, 2.45) is 0 Å². The number of nitrogens with one attached hydrogen (secondary N) is 2. The zero-order valence-corrected chi connectivity index (χ0v) is 27.0. The zero-order valence-electron chi connectivity index (χ0n) is 24.6. The minimum absolute atomic E-state index is 0. The van der Waals surface area contributed by atoms with Gasteiger partial charge in [0.2, 0.25) is 0 Å². The summed E-state index contributed by atoms with van der Waals surface area (Å²) in [6.07, 6.45) is 5.73. The lowest BCUT2D eigenvalue weighted by Crippen LogP contribution is -2.29. The van der Waals surface area contributed by atoms with Crippen LogP contribution in [0.25, 0.3) is 22.5 Å². The van der Waals surface area contributed by atoms with Gasteiger partial charge in [0.1, 0.15) is 11.4 Å². The number of benzene rings is 4. The van der Waals surface area contributed by atoms with E-state index >= 15 is 0 Å². The number of aromatic nitrogens is 4. The van der Waals surface area contributed by atoms with Gasteiger partial charge in [-0.25, -0.2) is 9.97 Å². The molecule has 45 heavy (non-hydrogen) atoms. The van der Waals surface area contributed by atoms with Crippen LogP contribution in [0.3, 0.4) is 0 Å². The number of anilines is 4. The van der Waals surface area contributed by atoms with E-state index in [2.05, 4.69) is 105 Å². The first kappa shape index (κ1) is 32.9. The molecule has 0 bridgehead atoms. The first-order valence-electron chi connectivity index (χ1n) is 14.3. The molecule has 0 saturated heterocycles. The molecule has 7 rings (SSSR count). The molecule has 0 saturated carbocycles. The molecule has 0 atom stereocenters. The topological polar surface area (TPSA) is 58.6 Å². The number of imidazole rings is 1. The van der Waals surface area contributed by atoms with Crippen molar-refractivity contribution in [1.82, 2.24) is 14.5 Å². The number of hydrogen-bond acceptors (Lipinski definition) is 4. The Kier molecular flexibility index (Phi) is 11.4. The fourth-order valence-electron chi connectivity index (χ4n) is 4.92. The summed E-state index contributed by atoms with van der Waals surface area (Å²) < 4.78 is 4.33. The second kappa shape index (κ2) is 15.6. The Morgan fingerprint density at radius 1 is 0.578 bits per heavy atom. The van der Waals surface area contributed by atoms with Crippen molar-refractivity contribution in [3.8, 4) is 11.4 Å². The molecular weight excluding hydrogens is 667 g/mol. The van der Waals surface area contributed by atoms with Crippen LogP contribution in [0.15, 0.2) is 152 Å². The molecule has 0 spiro atoms. The molecule has 0 unspecified atom stereocenters. The number of rotatable bonds is 6. The predicted octanol–water partition coefficient (Wildman–Crippen LogP) is 9.74. The lowest BCUT2D eigenvalue weighted by atomic mass is 10.2. The molecule has 7 heteroatoms. The predicted molar refractivity (Wildman–Crippen MR) is 198 cm³/mol. The van der Waals surface area contributed by atoms with Crippen molar-refractivity contribution in [2.75, 3.05) is 10.6 Å². The largest absolute Gasteiger partial charge is 0.352 e. The van der Waals surface area contributed by atoms with Crippen LogP contribution in [0, 0.1) is 13.8 Å². The fraction of sp³-hybridized carbons (Fsp3) is 0.0789. The monoisotopic (exact) mass is 705 g/mol. The molecular formula is C38H38IN6+. The molecule has 3 heterocycles. The van der Waals surface area contributed by atoms with Crippen LogP contribution in [0.5, 0.6) is 0 Å². The van der Waals surface area contributed by atoms with Crippen molar-refractivity contribution < 1.29 is 4.57 Å². The number of pyridine rings is 2. The van der Waals surface area contributed by atoms with Gasteiger partial charge in [0.15, 0.2) is 11.3 Å². The van der Waals surface area contributed by atoms with Gasteiger partial charge < -0.3 is 10.6 Å². The van der Waals surface area contributed by atoms with Gasteiger partial charge in [-0.15, -0.1) is 24.0 Å². The third kappa shape index (κ3) is 7.74. The van der Waals surface area contributed by atoms with Gasteiger partial charge in [-0.2, -0.15) is 9.13 Å². The number of halogens is 1. The zero-order chi connectivity index (χ0) is 29.4. The number of hydrogen-bond donors (Lipinski definition) is 2. The summed E-state index contributed by atoms with van der Waals surface area (Å²) in [4.78, 5) is 9.00. The van der Waals surface area contributed by atoms with E-state index in [1.807, 2.05) is 85.1 Å². The Morgan fingerprint density at radius 3 is 1.91 bits per heavy atom. The van der Waals surface area contributed by atoms with Crippen LogP contribution >= 0.6 is 24.0 Å². The molecule has 4 aromatic carbocycles. The van der Waals surface area contributed by atoms with E-state index in [0.29, 0.717) is 0 Å². The van der Waals surface area contributed by atoms with Crippen molar-refractivity contribution in [3.63, 3.8) is 0 Å². The van der Waals surface area contributed by atoms with Crippen LogP contribution in [0.4, 0.5) is 22.9 Å². The van der Waals surface area contributed by atoms with Crippen molar-refractivity contribution in [2.45, 2.75) is 21.3 Å². The van der Waals surface area contributed by atoms with E-state index in [-0.39, 0.29) is 31.4 Å². The Hall–Kier alpha value is -5.02. The van der Waals surface area contributed by atoms with Crippen LogP contribution in [-0.2, 0) is 0 Å². The van der Waals surface area contributed by atoms with Crippen LogP contribution < -0.4 is 15.2 Å². The molecule has 7 aromatic rings. The third-order valence-corrected chi connectivity index (χ3v) is 7.15. The van der Waals surface area contributed by atoms with Crippen LogP contribution in [0.2, 0.25) is 0 Å². The highest BCUT2D eigenvalue weighted by molar-refractivity contribution is 14.0. The summed E-state index contributed by atoms with van der Waals surface area (Å²) in [7, 11) is 0. The molecule has 0 aliphatic heterocycles. The number of fused-ring (bicyclic) bond motifs is 1. The van der Waals surface area contributed by atoms with Gasteiger partial charge in [0.25, 0.3) is 12.0 Å². The van der Waals surface area contributed by atoms with Crippen molar-refractivity contribution >= 4 is 58.0 Å². The fourth-order valence-corrected chi connectivity index (χ4v) is 4.92. The van der Waals surface area contributed by atoms with Gasteiger partial charge in [-0.1, -0.05) is 80.2 Å². The Morgan fingerprint density at radius 2 is 1.18 bits per heavy atom. The third-order valence-electron chi connectivity index (χ3n) is 7.15. The normalized spacial score (nSPS) is 10.1. The average molecular weight is 706 g/mol. The van der Waals surface area contributed by atoms with E-state index in [1.165, 1.54) is 16.8 Å². The summed E-state index contributed by atoms with van der Waals surface area (Å²) in [6.45, 7) is 4.22. The number of aryl methyl sites for hydroxylation is 2. The highest BCUT2D eigenvalue weighted by Gasteiger charge is 2.20. The SMILES string of the molecule is C.Cc1ccccc1-[n+]1cn(-c2ccccc2)c2ncccc21.Cc1ccccc1Nc1cccnc1Nc1ccccc1.I. The Bertz CT molecular complexity index is 1950. The first-order valence-corrected chi connectivity index (χ1v) is 14.3.